The third kappa shape index (κ3) is 5.74. The number of nitrogens with one attached hydrogen (secondary N) is 2. The molecule has 0 fully saturated rings. The van der Waals surface area contributed by atoms with Gasteiger partial charge in [-0.2, -0.15) is 0 Å². The minimum absolute atomic E-state index is 0.00559. The number of hydrogen-bond donors (Lipinski definition) is 2. The number of nitrogens with zero attached hydrogens (tertiary/aromatic N) is 1. The molecule has 2 aromatic carbocycles. The van der Waals surface area contributed by atoms with Crippen LogP contribution in [0.4, 0.5) is 11.4 Å². The van der Waals surface area contributed by atoms with Crippen molar-refractivity contribution >= 4 is 23.2 Å². The number of amides is 2. The van der Waals surface area contributed by atoms with Gasteiger partial charge in [0.05, 0.1) is 0 Å². The van der Waals surface area contributed by atoms with Gasteiger partial charge in [-0.3, -0.25) is 9.59 Å². The lowest BCUT2D eigenvalue weighted by molar-refractivity contribution is -0.130. The maximum atomic E-state index is 12.5. The standard InChI is InChI=1S/C21H27N3O3/c1-14-7-6-8-15(2)20(14)23-21(26)16(3)22-17-9-11-18(12-10-17)27-13-19(25)24(4)5/h6-12,16,22H,13H2,1-5H3,(H,23,26)/t16-/m1/s1. The fraction of sp³-hybridized carbons (Fsp3) is 0.333. The Hall–Kier alpha value is -3.02. The van der Waals surface area contributed by atoms with E-state index in [4.69, 9.17) is 4.74 Å². The SMILES string of the molecule is Cc1cccc(C)c1NC(=O)[C@@H](C)Nc1ccc(OCC(=O)N(C)C)cc1. The molecule has 0 bridgehead atoms. The van der Waals surface area contributed by atoms with Gasteiger partial charge in [-0.1, -0.05) is 18.2 Å². The van der Waals surface area contributed by atoms with Crippen molar-refractivity contribution in [2.45, 2.75) is 26.8 Å². The third-order valence-electron chi connectivity index (χ3n) is 4.22. The lowest BCUT2D eigenvalue weighted by atomic mass is 10.1. The molecule has 6 nitrogen and oxygen atoms in total. The van der Waals surface area contributed by atoms with Gasteiger partial charge in [0.2, 0.25) is 5.91 Å². The second-order valence-electron chi connectivity index (χ2n) is 6.72. The van der Waals surface area contributed by atoms with Crippen LogP contribution in [0.5, 0.6) is 5.75 Å². The van der Waals surface area contributed by atoms with Crippen molar-refractivity contribution in [2.24, 2.45) is 0 Å². The highest BCUT2D eigenvalue weighted by molar-refractivity contribution is 5.97. The van der Waals surface area contributed by atoms with E-state index in [-0.39, 0.29) is 18.4 Å². The number of anilines is 2. The molecule has 0 aliphatic carbocycles. The van der Waals surface area contributed by atoms with Crippen molar-refractivity contribution in [3.05, 3.63) is 53.6 Å². The Kier molecular flexibility index (Phi) is 6.82. The molecule has 0 aliphatic heterocycles. The highest BCUT2D eigenvalue weighted by Gasteiger charge is 2.15. The first-order valence-corrected chi connectivity index (χ1v) is 8.84. The predicted molar refractivity (Wildman–Crippen MR) is 108 cm³/mol. The molecule has 27 heavy (non-hydrogen) atoms. The minimum Gasteiger partial charge on any atom is -0.484 e. The van der Waals surface area contributed by atoms with Gasteiger partial charge in [-0.25, -0.2) is 0 Å². The smallest absolute Gasteiger partial charge is 0.259 e. The normalized spacial score (nSPS) is 11.4. The molecule has 2 aromatic rings. The van der Waals surface area contributed by atoms with E-state index in [1.807, 2.05) is 51.1 Å². The molecule has 0 unspecified atom stereocenters. The molecule has 2 N–H and O–H groups in total. The molecular weight excluding hydrogens is 342 g/mol. The summed E-state index contributed by atoms with van der Waals surface area (Å²) in [4.78, 5) is 25.5. The number of ether oxygens (including phenoxy) is 1. The monoisotopic (exact) mass is 369 g/mol. The summed E-state index contributed by atoms with van der Waals surface area (Å²) in [6, 6.07) is 12.7. The Bertz CT molecular complexity index is 781. The molecule has 0 saturated carbocycles. The Labute approximate surface area is 160 Å². The van der Waals surface area contributed by atoms with Gasteiger partial charge < -0.3 is 20.3 Å². The van der Waals surface area contributed by atoms with E-state index in [9.17, 15) is 9.59 Å². The largest absolute Gasteiger partial charge is 0.484 e. The summed E-state index contributed by atoms with van der Waals surface area (Å²) in [6.45, 7) is 5.75. The molecule has 0 heterocycles. The van der Waals surface area contributed by atoms with E-state index in [2.05, 4.69) is 10.6 Å². The van der Waals surface area contributed by atoms with Crippen LogP contribution in [-0.4, -0.2) is 43.5 Å². The fourth-order valence-corrected chi connectivity index (χ4v) is 2.48. The Morgan fingerprint density at radius 2 is 1.63 bits per heavy atom. The van der Waals surface area contributed by atoms with Crippen LogP contribution in [0.3, 0.4) is 0 Å². The maximum absolute atomic E-state index is 12.5. The maximum Gasteiger partial charge on any atom is 0.259 e. The fourth-order valence-electron chi connectivity index (χ4n) is 2.48. The van der Waals surface area contributed by atoms with E-state index >= 15 is 0 Å². The Balaban J connectivity index is 1.92. The van der Waals surface area contributed by atoms with Crippen molar-refractivity contribution < 1.29 is 14.3 Å². The molecule has 0 aliphatic rings. The van der Waals surface area contributed by atoms with Gasteiger partial charge in [0.15, 0.2) is 6.61 Å². The number of carbonyl (C=O) groups is 2. The first kappa shape index (κ1) is 20.3. The molecule has 0 spiro atoms. The molecule has 144 valence electrons. The van der Waals surface area contributed by atoms with E-state index < -0.39 is 6.04 Å². The van der Waals surface area contributed by atoms with Crippen LogP contribution in [0.15, 0.2) is 42.5 Å². The van der Waals surface area contributed by atoms with Crippen LogP contribution in [-0.2, 0) is 9.59 Å². The summed E-state index contributed by atoms with van der Waals surface area (Å²) < 4.78 is 5.44. The predicted octanol–water partition coefficient (Wildman–Crippen LogP) is 3.21. The summed E-state index contributed by atoms with van der Waals surface area (Å²) in [5, 5.41) is 6.15. The van der Waals surface area contributed by atoms with Gasteiger partial charge >= 0.3 is 0 Å². The average Bonchev–Trinajstić information content (AvgIpc) is 2.63. The van der Waals surface area contributed by atoms with Crippen LogP contribution < -0.4 is 15.4 Å². The van der Waals surface area contributed by atoms with Gasteiger partial charge in [0.1, 0.15) is 11.8 Å². The number of aryl methyl sites for hydroxylation is 2. The lowest BCUT2D eigenvalue weighted by Gasteiger charge is -2.18. The number of rotatable bonds is 7. The number of carbonyl (C=O) groups excluding carboxylic acids is 2. The average molecular weight is 369 g/mol. The summed E-state index contributed by atoms with van der Waals surface area (Å²) in [5.74, 6) is 0.390. The van der Waals surface area contributed by atoms with Crippen molar-refractivity contribution in [1.82, 2.24) is 4.90 Å². The van der Waals surface area contributed by atoms with Gasteiger partial charge in [0, 0.05) is 25.5 Å². The molecule has 0 saturated heterocycles. The minimum atomic E-state index is -0.411. The van der Waals surface area contributed by atoms with Crippen LogP contribution in [0.25, 0.3) is 0 Å². The van der Waals surface area contributed by atoms with Crippen LogP contribution >= 0.6 is 0 Å². The number of para-hydroxylation sites is 1. The number of benzene rings is 2. The van der Waals surface area contributed by atoms with Crippen molar-refractivity contribution in [3.8, 4) is 5.75 Å². The van der Waals surface area contributed by atoms with Crippen LogP contribution in [0.1, 0.15) is 18.1 Å². The molecule has 0 aromatic heterocycles. The first-order chi connectivity index (χ1) is 12.8. The quantitative estimate of drug-likeness (QED) is 0.786. The zero-order chi connectivity index (χ0) is 20.0. The van der Waals surface area contributed by atoms with Crippen LogP contribution in [0, 0.1) is 13.8 Å². The van der Waals surface area contributed by atoms with E-state index in [0.29, 0.717) is 5.75 Å². The van der Waals surface area contributed by atoms with Gasteiger partial charge in [-0.15, -0.1) is 0 Å². The lowest BCUT2D eigenvalue weighted by Crippen LogP contribution is -2.32. The molecule has 2 amide bonds. The van der Waals surface area contributed by atoms with Crippen molar-refractivity contribution in [2.75, 3.05) is 31.3 Å². The summed E-state index contributed by atoms with van der Waals surface area (Å²) in [5.41, 5.74) is 3.71. The Morgan fingerprint density at radius 3 is 2.19 bits per heavy atom. The second kappa shape index (κ2) is 9.07. The summed E-state index contributed by atoms with van der Waals surface area (Å²) >= 11 is 0. The molecule has 2 rings (SSSR count). The number of likely N-dealkylation sites (N-methyl/N-ethyl adjacent to an activating group) is 1. The number of hydrogen-bond acceptors (Lipinski definition) is 4. The van der Waals surface area contributed by atoms with Crippen molar-refractivity contribution in [3.63, 3.8) is 0 Å². The third-order valence-corrected chi connectivity index (χ3v) is 4.22. The molecule has 1 atom stereocenters. The Morgan fingerprint density at radius 1 is 1.04 bits per heavy atom. The second-order valence-corrected chi connectivity index (χ2v) is 6.72. The summed E-state index contributed by atoms with van der Waals surface area (Å²) in [6.07, 6.45) is 0. The first-order valence-electron chi connectivity index (χ1n) is 8.84. The highest BCUT2D eigenvalue weighted by Crippen LogP contribution is 2.20. The zero-order valence-corrected chi connectivity index (χ0v) is 16.5. The van der Waals surface area contributed by atoms with E-state index in [0.717, 1.165) is 22.5 Å². The zero-order valence-electron chi connectivity index (χ0n) is 16.5. The van der Waals surface area contributed by atoms with Gasteiger partial charge in [0.25, 0.3) is 5.91 Å². The molecule has 6 heteroatoms. The highest BCUT2D eigenvalue weighted by atomic mass is 16.5. The van der Waals surface area contributed by atoms with E-state index in [1.54, 1.807) is 26.2 Å². The van der Waals surface area contributed by atoms with Gasteiger partial charge in [-0.05, 0) is 56.2 Å². The van der Waals surface area contributed by atoms with Crippen LogP contribution in [0.2, 0.25) is 0 Å². The van der Waals surface area contributed by atoms with Crippen molar-refractivity contribution in [1.29, 1.82) is 0 Å². The summed E-state index contributed by atoms with van der Waals surface area (Å²) in [7, 11) is 3.37. The van der Waals surface area contributed by atoms with E-state index in [1.165, 1.54) is 4.90 Å². The molecule has 0 radical (unpaired) electrons. The molecular formula is C21H27N3O3. The topological polar surface area (TPSA) is 70.7 Å².